The third kappa shape index (κ3) is 2.86. The zero-order valence-corrected chi connectivity index (χ0v) is 13.5. The van der Waals surface area contributed by atoms with E-state index >= 15 is 0 Å². The fraction of sp³-hybridized carbons (Fsp3) is 0.800. The molecule has 0 amide bonds. The van der Waals surface area contributed by atoms with Crippen molar-refractivity contribution in [3.8, 4) is 0 Å². The van der Waals surface area contributed by atoms with E-state index in [0.717, 1.165) is 0 Å². The molecule has 0 bridgehead atoms. The average molecular weight is 314 g/mol. The minimum Gasteiger partial charge on any atom is -0.486 e. The predicted octanol–water partition coefficient (Wildman–Crippen LogP) is 1.11. The first kappa shape index (κ1) is 15.7. The highest BCUT2D eigenvalue weighted by Gasteiger charge is 2.57. The van der Waals surface area contributed by atoms with E-state index in [4.69, 9.17) is 23.7 Å². The molecule has 0 radical (unpaired) electrons. The summed E-state index contributed by atoms with van der Waals surface area (Å²) in [5.74, 6) is -1.61. The van der Waals surface area contributed by atoms with Gasteiger partial charge in [0.2, 0.25) is 0 Å². The summed E-state index contributed by atoms with van der Waals surface area (Å²) in [5, 5.41) is 0. The van der Waals surface area contributed by atoms with Crippen LogP contribution in [0.1, 0.15) is 27.7 Å². The van der Waals surface area contributed by atoms with E-state index < -0.39 is 23.6 Å². The number of hydrogen-bond donors (Lipinski definition) is 0. The Morgan fingerprint density at radius 3 is 2.50 bits per heavy atom. The molecule has 3 saturated heterocycles. The normalized spacial score (nSPS) is 40.5. The van der Waals surface area contributed by atoms with E-state index in [2.05, 4.69) is 4.74 Å². The van der Waals surface area contributed by atoms with Crippen molar-refractivity contribution < 1.29 is 33.2 Å². The highest BCUT2D eigenvalue weighted by molar-refractivity contribution is 5.82. The number of carbonyl (C=O) groups is 1. The Labute approximate surface area is 129 Å². The number of carbonyl (C=O) groups excluding carboxylic acids is 1. The van der Waals surface area contributed by atoms with Crippen LogP contribution >= 0.6 is 0 Å². The van der Waals surface area contributed by atoms with Gasteiger partial charge in [0.1, 0.15) is 24.1 Å². The molecule has 0 aromatic carbocycles. The molecule has 0 aromatic heterocycles. The van der Waals surface area contributed by atoms with Crippen molar-refractivity contribution in [3.05, 3.63) is 11.8 Å². The first-order valence-corrected chi connectivity index (χ1v) is 7.34. The van der Waals surface area contributed by atoms with Crippen molar-refractivity contribution in [2.75, 3.05) is 13.7 Å². The van der Waals surface area contributed by atoms with E-state index in [1.54, 1.807) is 0 Å². The Morgan fingerprint density at radius 1 is 1.14 bits per heavy atom. The van der Waals surface area contributed by atoms with Crippen LogP contribution in [0.3, 0.4) is 0 Å². The molecule has 3 heterocycles. The maximum atomic E-state index is 11.6. The predicted molar refractivity (Wildman–Crippen MR) is 73.7 cm³/mol. The molecule has 3 aliphatic heterocycles. The number of rotatable bonds is 1. The number of methoxy groups -OCH3 is 1. The molecular formula is C15H22O7. The lowest BCUT2D eigenvalue weighted by Gasteiger charge is -2.46. The van der Waals surface area contributed by atoms with Crippen LogP contribution in [-0.4, -0.2) is 55.7 Å². The Morgan fingerprint density at radius 2 is 1.82 bits per heavy atom. The third-order valence-electron chi connectivity index (χ3n) is 3.86. The second-order valence-corrected chi connectivity index (χ2v) is 6.54. The van der Waals surface area contributed by atoms with Gasteiger partial charge in [0, 0.05) is 0 Å². The van der Waals surface area contributed by atoms with Crippen LogP contribution in [0.4, 0.5) is 0 Å². The Bertz CT molecular complexity index is 496. The van der Waals surface area contributed by atoms with Crippen LogP contribution in [0.2, 0.25) is 0 Å². The van der Waals surface area contributed by atoms with Crippen LogP contribution in [-0.2, 0) is 33.2 Å². The van der Waals surface area contributed by atoms with E-state index in [1.165, 1.54) is 13.2 Å². The van der Waals surface area contributed by atoms with Gasteiger partial charge in [-0.05, 0) is 27.7 Å². The van der Waals surface area contributed by atoms with Gasteiger partial charge in [0.05, 0.1) is 19.8 Å². The molecule has 0 aliphatic carbocycles. The van der Waals surface area contributed by atoms with Gasteiger partial charge in [-0.1, -0.05) is 0 Å². The van der Waals surface area contributed by atoms with E-state index in [0.29, 0.717) is 12.4 Å². The van der Waals surface area contributed by atoms with Crippen molar-refractivity contribution in [1.29, 1.82) is 0 Å². The molecule has 7 nitrogen and oxygen atoms in total. The van der Waals surface area contributed by atoms with Gasteiger partial charge >= 0.3 is 5.97 Å². The van der Waals surface area contributed by atoms with Crippen molar-refractivity contribution >= 4 is 5.97 Å². The van der Waals surface area contributed by atoms with Crippen LogP contribution in [0, 0.1) is 0 Å². The largest absolute Gasteiger partial charge is 0.486 e. The average Bonchev–Trinajstić information content (AvgIpc) is 2.75. The standard InChI is InChI=1S/C15H22O7/c1-14(2)18-7-9-12(20-14)13-11(21-15(3,4)22-13)8(19-9)6-10(16)17-5/h6,9,11-13H,7H2,1-5H3/b8-6+/t9-,11-,12-,13-/m1/s1. The van der Waals surface area contributed by atoms with Gasteiger partial charge in [0.15, 0.2) is 17.7 Å². The van der Waals surface area contributed by atoms with Gasteiger partial charge in [-0.2, -0.15) is 0 Å². The minimum absolute atomic E-state index is 0.328. The topological polar surface area (TPSA) is 72.5 Å². The Hall–Kier alpha value is -1.15. The fourth-order valence-electron chi connectivity index (χ4n) is 2.98. The van der Waals surface area contributed by atoms with Gasteiger partial charge in [-0.25, -0.2) is 4.79 Å². The molecule has 7 heteroatoms. The first-order chi connectivity index (χ1) is 10.2. The second-order valence-electron chi connectivity index (χ2n) is 6.54. The Kier molecular flexibility index (Phi) is 3.71. The minimum atomic E-state index is -0.783. The van der Waals surface area contributed by atoms with Crippen molar-refractivity contribution in [2.45, 2.75) is 63.7 Å². The van der Waals surface area contributed by atoms with Gasteiger partial charge in [-0.15, -0.1) is 0 Å². The van der Waals surface area contributed by atoms with E-state index in [1.807, 2.05) is 27.7 Å². The number of hydrogen-bond acceptors (Lipinski definition) is 7. The molecule has 0 saturated carbocycles. The molecule has 4 atom stereocenters. The van der Waals surface area contributed by atoms with Gasteiger partial charge < -0.3 is 28.4 Å². The molecule has 0 spiro atoms. The maximum Gasteiger partial charge on any atom is 0.333 e. The van der Waals surface area contributed by atoms with Crippen LogP contribution in [0.15, 0.2) is 11.8 Å². The fourth-order valence-corrected chi connectivity index (χ4v) is 2.98. The summed E-state index contributed by atoms with van der Waals surface area (Å²) in [5.41, 5.74) is 0. The molecule has 0 aromatic rings. The van der Waals surface area contributed by atoms with Crippen molar-refractivity contribution in [2.24, 2.45) is 0 Å². The third-order valence-corrected chi connectivity index (χ3v) is 3.86. The summed E-state index contributed by atoms with van der Waals surface area (Å²) < 4.78 is 34.0. The van der Waals surface area contributed by atoms with Crippen molar-refractivity contribution in [1.82, 2.24) is 0 Å². The monoisotopic (exact) mass is 314 g/mol. The molecular weight excluding hydrogens is 292 g/mol. The molecule has 3 rings (SSSR count). The number of esters is 1. The zero-order chi connectivity index (χ0) is 16.1. The van der Waals surface area contributed by atoms with Crippen LogP contribution in [0.25, 0.3) is 0 Å². The lowest BCUT2D eigenvalue weighted by molar-refractivity contribution is -0.332. The smallest absolute Gasteiger partial charge is 0.333 e. The maximum absolute atomic E-state index is 11.6. The quantitative estimate of drug-likeness (QED) is 0.530. The van der Waals surface area contributed by atoms with Crippen LogP contribution in [0.5, 0.6) is 0 Å². The van der Waals surface area contributed by atoms with Crippen molar-refractivity contribution in [3.63, 3.8) is 0 Å². The summed E-state index contributed by atoms with van der Waals surface area (Å²) in [4.78, 5) is 11.6. The second kappa shape index (κ2) is 5.19. The van der Waals surface area contributed by atoms with E-state index in [9.17, 15) is 4.79 Å². The molecule has 0 N–H and O–H groups in total. The van der Waals surface area contributed by atoms with Gasteiger partial charge in [0.25, 0.3) is 0 Å². The highest BCUT2D eigenvalue weighted by atomic mass is 16.8. The lowest BCUT2D eigenvalue weighted by atomic mass is 9.96. The Balaban J connectivity index is 1.90. The summed E-state index contributed by atoms with van der Waals surface area (Å²) in [7, 11) is 1.31. The SMILES string of the molecule is COC(=O)/C=C1/O[C@@H]2COC(C)(C)O[C@H]2[C@@H]2OC(C)(C)O[C@H]12. The molecule has 124 valence electrons. The lowest BCUT2D eigenvalue weighted by Crippen LogP contribution is -2.60. The molecule has 22 heavy (non-hydrogen) atoms. The zero-order valence-electron chi connectivity index (χ0n) is 13.5. The number of ether oxygens (including phenoxy) is 6. The number of fused-ring (bicyclic) bond motifs is 3. The summed E-state index contributed by atoms with van der Waals surface area (Å²) in [6.07, 6.45) is -0.275. The summed E-state index contributed by atoms with van der Waals surface area (Å²) in [6, 6.07) is 0. The highest BCUT2D eigenvalue weighted by Crippen LogP contribution is 2.43. The molecule has 0 unspecified atom stereocenters. The molecule has 3 aliphatic rings. The first-order valence-electron chi connectivity index (χ1n) is 7.34. The molecule has 3 fully saturated rings. The summed E-state index contributed by atoms with van der Waals surface area (Å²) in [6.45, 7) is 7.68. The van der Waals surface area contributed by atoms with Gasteiger partial charge in [-0.3, -0.25) is 0 Å². The van der Waals surface area contributed by atoms with Crippen LogP contribution < -0.4 is 0 Å². The van der Waals surface area contributed by atoms with E-state index in [-0.39, 0.29) is 18.3 Å². The summed E-state index contributed by atoms with van der Waals surface area (Å²) >= 11 is 0.